The highest BCUT2D eigenvalue weighted by Crippen LogP contribution is 2.38. The zero-order valence-corrected chi connectivity index (χ0v) is 18.8. The highest BCUT2D eigenvalue weighted by molar-refractivity contribution is 7.89. The van der Waals surface area contributed by atoms with E-state index >= 15 is 0 Å². The summed E-state index contributed by atoms with van der Waals surface area (Å²) < 4.78 is 30.9. The first-order valence-electron chi connectivity index (χ1n) is 9.81. The van der Waals surface area contributed by atoms with E-state index in [9.17, 15) is 13.2 Å². The quantitative estimate of drug-likeness (QED) is 0.673. The molecule has 2 aromatic rings. The zero-order valence-electron chi connectivity index (χ0n) is 18.0. The molecule has 0 fully saturated rings. The fourth-order valence-electron chi connectivity index (χ4n) is 3.67. The van der Waals surface area contributed by atoms with Gasteiger partial charge in [0, 0.05) is 19.3 Å². The van der Waals surface area contributed by atoms with Crippen LogP contribution in [0.2, 0.25) is 0 Å². The van der Waals surface area contributed by atoms with Crippen LogP contribution in [0.1, 0.15) is 30.2 Å². The van der Waals surface area contributed by atoms with E-state index in [4.69, 9.17) is 0 Å². The summed E-state index contributed by atoms with van der Waals surface area (Å²) in [6.45, 7) is 6.47. The molecule has 0 saturated carbocycles. The number of rotatable bonds is 7. The van der Waals surface area contributed by atoms with Gasteiger partial charge < -0.3 is 15.0 Å². The molecule has 1 unspecified atom stereocenters. The van der Waals surface area contributed by atoms with E-state index in [1.54, 1.807) is 24.3 Å². The van der Waals surface area contributed by atoms with Gasteiger partial charge in [0.2, 0.25) is 10.0 Å². The van der Waals surface area contributed by atoms with Gasteiger partial charge in [-0.25, -0.2) is 13.4 Å². The number of methoxy groups -OCH3 is 1. The summed E-state index contributed by atoms with van der Waals surface area (Å²) in [4.78, 5) is 18.4. The van der Waals surface area contributed by atoms with Gasteiger partial charge in [0.25, 0.3) is 0 Å². The second-order valence-corrected chi connectivity index (χ2v) is 9.50. The largest absolute Gasteiger partial charge is 0.468 e. The number of aromatic nitrogens is 1. The van der Waals surface area contributed by atoms with E-state index < -0.39 is 16.0 Å². The number of anilines is 2. The maximum Gasteiger partial charge on any atom is 0.321 e. The summed E-state index contributed by atoms with van der Waals surface area (Å²) >= 11 is 0. The van der Waals surface area contributed by atoms with E-state index in [1.807, 2.05) is 6.92 Å². The van der Waals surface area contributed by atoms with Crippen molar-refractivity contribution in [1.82, 2.24) is 9.29 Å². The van der Waals surface area contributed by atoms with Gasteiger partial charge in [0.1, 0.15) is 12.7 Å². The summed E-state index contributed by atoms with van der Waals surface area (Å²) in [5.74, 6) is 0.283. The van der Waals surface area contributed by atoms with Gasteiger partial charge in [-0.3, -0.25) is 4.79 Å². The number of sulfonamides is 1. The van der Waals surface area contributed by atoms with Crippen molar-refractivity contribution in [2.24, 2.45) is 0 Å². The topological polar surface area (TPSA) is 91.8 Å². The third-order valence-corrected chi connectivity index (χ3v) is 7.05. The first-order valence-corrected chi connectivity index (χ1v) is 11.2. The van der Waals surface area contributed by atoms with Crippen LogP contribution >= 0.6 is 0 Å². The summed E-state index contributed by atoms with van der Waals surface area (Å²) in [7, 11) is -1.18. The zero-order chi connectivity index (χ0) is 22.1. The number of esters is 1. The van der Waals surface area contributed by atoms with E-state index in [-0.39, 0.29) is 17.6 Å². The van der Waals surface area contributed by atoms with E-state index in [0.29, 0.717) is 6.54 Å². The molecule has 1 N–H and O–H groups in total. The van der Waals surface area contributed by atoms with Crippen molar-refractivity contribution in [2.75, 3.05) is 30.9 Å². The molecule has 3 rings (SSSR count). The van der Waals surface area contributed by atoms with Crippen LogP contribution in [-0.4, -0.2) is 50.5 Å². The van der Waals surface area contributed by atoms with Gasteiger partial charge in [-0.15, -0.1) is 0 Å². The molecule has 30 heavy (non-hydrogen) atoms. The number of hydrogen-bond acceptors (Lipinski definition) is 7. The molecule has 1 aromatic heterocycles. The van der Waals surface area contributed by atoms with Crippen LogP contribution in [0.15, 0.2) is 35.2 Å². The summed E-state index contributed by atoms with van der Waals surface area (Å²) in [5, 5.41) is 3.48. The highest BCUT2D eigenvalue weighted by Gasteiger charge is 2.30. The molecule has 162 valence electrons. The summed E-state index contributed by atoms with van der Waals surface area (Å²) in [6, 6.07) is 8.83. The smallest absolute Gasteiger partial charge is 0.321 e. The summed E-state index contributed by atoms with van der Waals surface area (Å²) in [6.07, 6.45) is 1.03. The first-order chi connectivity index (χ1) is 14.2. The number of likely N-dealkylation sites (N-methyl/N-ethyl adjacent to an activating group) is 1. The normalized spacial score (nSPS) is 15.8. The second-order valence-electron chi connectivity index (χ2n) is 7.46. The second kappa shape index (κ2) is 8.61. The average molecular weight is 433 g/mol. The molecule has 0 spiro atoms. The van der Waals surface area contributed by atoms with Crippen LogP contribution in [0.5, 0.6) is 0 Å². The number of nitrogens with zero attached hydrogens (tertiary/aromatic N) is 3. The summed E-state index contributed by atoms with van der Waals surface area (Å²) in [5.41, 5.74) is 4.20. The fraction of sp³-hybridized carbons (Fsp3) is 0.429. The number of carbonyl (C=O) groups is 1. The van der Waals surface area contributed by atoms with E-state index in [1.165, 1.54) is 14.2 Å². The Morgan fingerprint density at radius 3 is 2.53 bits per heavy atom. The Kier molecular flexibility index (Phi) is 6.33. The lowest BCUT2D eigenvalue weighted by molar-refractivity contribution is -0.140. The molecule has 9 heteroatoms. The minimum Gasteiger partial charge on any atom is -0.468 e. The van der Waals surface area contributed by atoms with Crippen LogP contribution in [0.25, 0.3) is 0 Å². The number of carbonyl (C=O) groups excluding carboxylic acids is 1. The lowest BCUT2D eigenvalue weighted by Gasteiger charge is -2.27. The van der Waals surface area contributed by atoms with Crippen molar-refractivity contribution in [3.8, 4) is 0 Å². The molecule has 1 aromatic carbocycles. The van der Waals surface area contributed by atoms with Crippen LogP contribution in [-0.2, 0) is 26.1 Å². The Morgan fingerprint density at radius 2 is 1.93 bits per heavy atom. The van der Waals surface area contributed by atoms with Gasteiger partial charge in [-0.2, -0.15) is 4.31 Å². The molecule has 0 radical (unpaired) electrons. The molecule has 2 heterocycles. The number of hydrogen-bond donors (Lipinski definition) is 1. The fourth-order valence-corrected chi connectivity index (χ4v) is 4.79. The Balaban J connectivity index is 1.82. The number of aryl methyl sites for hydroxylation is 2. The standard InChI is InChI=1S/C21H28N4O4S/c1-6-18-23-21-20(14(2)11-15(3)22-21)25(18)12-16-7-9-17(10-8-16)30(27,28)24(4)13-19(26)29-5/h7-11,18H,6,12-13H2,1-5H3,(H,22,23). The van der Waals surface area contributed by atoms with Crippen LogP contribution in [0.3, 0.4) is 0 Å². The van der Waals surface area contributed by atoms with Crippen molar-refractivity contribution in [2.45, 2.75) is 44.8 Å². The average Bonchev–Trinajstić information content (AvgIpc) is 3.05. The third kappa shape index (κ3) is 4.27. The van der Waals surface area contributed by atoms with Crippen molar-refractivity contribution in [3.63, 3.8) is 0 Å². The Hall–Kier alpha value is -2.65. The number of pyridine rings is 1. The molecule has 1 aliphatic rings. The Labute approximate surface area is 177 Å². The SMILES string of the molecule is CCC1Nc2nc(C)cc(C)c2N1Cc1ccc(S(=O)(=O)N(C)CC(=O)OC)cc1. The lowest BCUT2D eigenvalue weighted by atomic mass is 10.1. The molecule has 0 bridgehead atoms. The Bertz CT molecular complexity index is 1040. The van der Waals surface area contributed by atoms with Gasteiger partial charge in [-0.05, 0) is 49.6 Å². The minimum atomic E-state index is -3.77. The number of ether oxygens (including phenoxy) is 1. The predicted molar refractivity (Wildman–Crippen MR) is 116 cm³/mol. The maximum atomic E-state index is 12.7. The molecular weight excluding hydrogens is 404 g/mol. The molecule has 1 atom stereocenters. The van der Waals surface area contributed by atoms with Crippen LogP contribution < -0.4 is 10.2 Å². The van der Waals surface area contributed by atoms with Gasteiger partial charge in [0.15, 0.2) is 5.82 Å². The first kappa shape index (κ1) is 22.0. The Morgan fingerprint density at radius 1 is 1.27 bits per heavy atom. The van der Waals surface area contributed by atoms with Crippen molar-refractivity contribution < 1.29 is 17.9 Å². The molecule has 0 aliphatic carbocycles. The third-order valence-electron chi connectivity index (χ3n) is 5.23. The number of benzene rings is 1. The van der Waals surface area contributed by atoms with Gasteiger partial charge in [0.05, 0.1) is 17.7 Å². The number of nitrogens with one attached hydrogen (secondary N) is 1. The molecule has 0 amide bonds. The molecule has 1 aliphatic heterocycles. The predicted octanol–water partition coefficient (Wildman–Crippen LogP) is 2.66. The van der Waals surface area contributed by atoms with Crippen molar-refractivity contribution in [1.29, 1.82) is 0 Å². The van der Waals surface area contributed by atoms with Crippen molar-refractivity contribution in [3.05, 3.63) is 47.2 Å². The van der Waals surface area contributed by atoms with Crippen molar-refractivity contribution >= 4 is 27.5 Å². The van der Waals surface area contributed by atoms with E-state index in [2.05, 4.69) is 39.9 Å². The minimum absolute atomic E-state index is 0.127. The maximum absolute atomic E-state index is 12.7. The van der Waals surface area contributed by atoms with Crippen LogP contribution in [0.4, 0.5) is 11.5 Å². The lowest BCUT2D eigenvalue weighted by Crippen LogP contribution is -2.35. The molecule has 0 saturated heterocycles. The molecular formula is C21H28N4O4S. The van der Waals surface area contributed by atoms with Gasteiger partial charge in [-0.1, -0.05) is 19.1 Å². The molecule has 8 nitrogen and oxygen atoms in total. The number of fused-ring (bicyclic) bond motifs is 1. The van der Waals surface area contributed by atoms with E-state index in [0.717, 1.165) is 39.1 Å². The highest BCUT2D eigenvalue weighted by atomic mass is 32.2. The monoisotopic (exact) mass is 432 g/mol. The van der Waals surface area contributed by atoms with Crippen LogP contribution in [0, 0.1) is 13.8 Å². The van der Waals surface area contributed by atoms with Gasteiger partial charge >= 0.3 is 5.97 Å².